The van der Waals surface area contributed by atoms with Crippen molar-refractivity contribution in [2.24, 2.45) is 0 Å². The molecule has 21 heavy (non-hydrogen) atoms. The topological polar surface area (TPSA) is 91.3 Å². The summed E-state index contributed by atoms with van der Waals surface area (Å²) in [5.74, 6) is -1.00. The molecular weight excluding hydrogens is 270 g/mol. The van der Waals surface area contributed by atoms with E-state index in [1.165, 1.54) is 24.3 Å². The highest BCUT2D eigenvalue weighted by molar-refractivity contribution is 5.91. The minimum Gasteiger partial charge on any atom is -0.478 e. The van der Waals surface area contributed by atoms with Crippen LogP contribution in [0.15, 0.2) is 48.8 Å². The molecule has 6 nitrogen and oxygen atoms in total. The zero-order valence-electron chi connectivity index (χ0n) is 11.4. The van der Waals surface area contributed by atoms with Crippen molar-refractivity contribution in [3.8, 4) is 0 Å². The van der Waals surface area contributed by atoms with Crippen LogP contribution in [-0.4, -0.2) is 22.1 Å². The third kappa shape index (κ3) is 4.04. The van der Waals surface area contributed by atoms with Gasteiger partial charge in [0.05, 0.1) is 11.6 Å². The van der Waals surface area contributed by atoms with Gasteiger partial charge in [-0.25, -0.2) is 9.59 Å². The SMILES string of the molecule is CC(NC(=O)Nc1ccc(C(=O)O)cc1)c1cccnc1. The molecule has 0 spiro atoms. The van der Waals surface area contributed by atoms with Crippen molar-refractivity contribution >= 4 is 17.7 Å². The van der Waals surface area contributed by atoms with Crippen LogP contribution in [0, 0.1) is 0 Å². The molecule has 1 heterocycles. The quantitative estimate of drug-likeness (QED) is 0.805. The summed E-state index contributed by atoms with van der Waals surface area (Å²) in [5.41, 5.74) is 1.59. The molecule has 0 aliphatic carbocycles. The number of nitrogens with one attached hydrogen (secondary N) is 2. The summed E-state index contributed by atoms with van der Waals surface area (Å²) in [4.78, 5) is 26.6. The van der Waals surface area contributed by atoms with E-state index in [-0.39, 0.29) is 17.6 Å². The first-order valence-electron chi connectivity index (χ1n) is 6.37. The lowest BCUT2D eigenvalue weighted by molar-refractivity contribution is 0.0697. The molecule has 2 aromatic rings. The largest absolute Gasteiger partial charge is 0.478 e. The highest BCUT2D eigenvalue weighted by atomic mass is 16.4. The lowest BCUT2D eigenvalue weighted by Gasteiger charge is -2.14. The highest BCUT2D eigenvalue weighted by Crippen LogP contribution is 2.12. The molecule has 0 fully saturated rings. The molecule has 6 heteroatoms. The summed E-state index contributed by atoms with van der Waals surface area (Å²) < 4.78 is 0. The number of nitrogens with zero attached hydrogens (tertiary/aromatic N) is 1. The Bertz CT molecular complexity index is 626. The molecule has 1 atom stereocenters. The fraction of sp³-hybridized carbons (Fsp3) is 0.133. The predicted molar refractivity (Wildman–Crippen MR) is 78.2 cm³/mol. The van der Waals surface area contributed by atoms with Crippen molar-refractivity contribution in [1.29, 1.82) is 0 Å². The van der Waals surface area contributed by atoms with Gasteiger partial charge >= 0.3 is 12.0 Å². The molecule has 0 saturated heterocycles. The van der Waals surface area contributed by atoms with Gasteiger partial charge in [-0.15, -0.1) is 0 Å². The molecule has 1 unspecified atom stereocenters. The summed E-state index contributed by atoms with van der Waals surface area (Å²) in [7, 11) is 0. The molecule has 108 valence electrons. The van der Waals surface area contributed by atoms with Crippen LogP contribution in [-0.2, 0) is 0 Å². The van der Waals surface area contributed by atoms with Crippen LogP contribution in [0.25, 0.3) is 0 Å². The van der Waals surface area contributed by atoms with Crippen molar-refractivity contribution in [1.82, 2.24) is 10.3 Å². The molecule has 3 N–H and O–H groups in total. The second kappa shape index (κ2) is 6.51. The second-order valence-corrected chi connectivity index (χ2v) is 4.49. The molecule has 0 saturated carbocycles. The van der Waals surface area contributed by atoms with Gasteiger partial charge in [0.1, 0.15) is 0 Å². The van der Waals surface area contributed by atoms with Crippen molar-refractivity contribution < 1.29 is 14.7 Å². The van der Waals surface area contributed by atoms with Crippen LogP contribution < -0.4 is 10.6 Å². The maximum Gasteiger partial charge on any atom is 0.335 e. The summed E-state index contributed by atoms with van der Waals surface area (Å²) in [5, 5.41) is 14.2. The Morgan fingerprint density at radius 3 is 2.48 bits per heavy atom. The first-order valence-corrected chi connectivity index (χ1v) is 6.37. The number of pyridine rings is 1. The van der Waals surface area contributed by atoms with Crippen LogP contribution in [0.1, 0.15) is 28.9 Å². The van der Waals surface area contributed by atoms with Crippen molar-refractivity contribution in [3.63, 3.8) is 0 Å². The predicted octanol–water partition coefficient (Wildman–Crippen LogP) is 2.66. The number of carboxylic acid groups (broad SMARTS) is 1. The Morgan fingerprint density at radius 1 is 1.19 bits per heavy atom. The van der Waals surface area contributed by atoms with Crippen LogP contribution in [0.5, 0.6) is 0 Å². The number of amides is 2. The van der Waals surface area contributed by atoms with Gasteiger partial charge < -0.3 is 15.7 Å². The van der Waals surface area contributed by atoms with E-state index in [1.54, 1.807) is 18.5 Å². The number of urea groups is 1. The van der Waals surface area contributed by atoms with E-state index in [1.807, 2.05) is 13.0 Å². The third-order valence-corrected chi connectivity index (χ3v) is 2.92. The lowest BCUT2D eigenvalue weighted by atomic mass is 10.1. The van der Waals surface area contributed by atoms with Gasteiger partial charge in [-0.2, -0.15) is 0 Å². The van der Waals surface area contributed by atoms with Gasteiger partial charge in [0.15, 0.2) is 0 Å². The Labute approximate surface area is 121 Å². The van der Waals surface area contributed by atoms with E-state index in [2.05, 4.69) is 15.6 Å². The second-order valence-electron chi connectivity index (χ2n) is 4.49. The molecule has 1 aromatic carbocycles. The monoisotopic (exact) mass is 285 g/mol. The lowest BCUT2D eigenvalue weighted by Crippen LogP contribution is -2.31. The standard InChI is InChI=1S/C15H15N3O3/c1-10(12-3-2-8-16-9-12)17-15(21)18-13-6-4-11(5-7-13)14(19)20/h2-10H,1H3,(H,19,20)(H2,17,18,21). The minimum atomic E-state index is -1.00. The molecule has 1 aromatic heterocycles. The van der Waals surface area contributed by atoms with Crippen molar-refractivity contribution in [2.45, 2.75) is 13.0 Å². The Balaban J connectivity index is 1.94. The van der Waals surface area contributed by atoms with Crippen LogP contribution in [0.4, 0.5) is 10.5 Å². The molecule has 0 aliphatic heterocycles. The number of hydrogen-bond acceptors (Lipinski definition) is 3. The maximum absolute atomic E-state index is 11.9. The molecule has 0 bridgehead atoms. The highest BCUT2D eigenvalue weighted by Gasteiger charge is 2.10. The van der Waals surface area contributed by atoms with Gasteiger partial charge in [-0.05, 0) is 42.8 Å². The van der Waals surface area contributed by atoms with Gasteiger partial charge in [0.25, 0.3) is 0 Å². The number of hydrogen-bond donors (Lipinski definition) is 3. The maximum atomic E-state index is 11.9. The number of aromatic carboxylic acids is 1. The van der Waals surface area contributed by atoms with E-state index in [0.29, 0.717) is 5.69 Å². The Morgan fingerprint density at radius 2 is 1.90 bits per heavy atom. The molecule has 0 aliphatic rings. The number of rotatable bonds is 4. The summed E-state index contributed by atoms with van der Waals surface area (Å²) in [6.07, 6.45) is 3.35. The summed E-state index contributed by atoms with van der Waals surface area (Å²) >= 11 is 0. The number of benzene rings is 1. The van der Waals surface area contributed by atoms with Crippen LogP contribution >= 0.6 is 0 Å². The van der Waals surface area contributed by atoms with E-state index in [0.717, 1.165) is 5.56 Å². The first kappa shape index (κ1) is 14.5. The van der Waals surface area contributed by atoms with Gasteiger partial charge in [0, 0.05) is 18.1 Å². The van der Waals surface area contributed by atoms with Crippen LogP contribution in [0.2, 0.25) is 0 Å². The van der Waals surface area contributed by atoms with E-state index < -0.39 is 5.97 Å². The van der Waals surface area contributed by atoms with E-state index in [9.17, 15) is 9.59 Å². The molecule has 2 rings (SSSR count). The number of carbonyl (C=O) groups is 2. The average molecular weight is 285 g/mol. The van der Waals surface area contributed by atoms with Crippen molar-refractivity contribution in [2.75, 3.05) is 5.32 Å². The fourth-order valence-electron chi connectivity index (χ4n) is 1.78. The average Bonchev–Trinajstić information content (AvgIpc) is 2.48. The Kier molecular flexibility index (Phi) is 4.50. The van der Waals surface area contributed by atoms with E-state index in [4.69, 9.17) is 5.11 Å². The number of carboxylic acids is 1. The smallest absolute Gasteiger partial charge is 0.335 e. The van der Waals surface area contributed by atoms with Crippen molar-refractivity contribution in [3.05, 3.63) is 59.9 Å². The van der Waals surface area contributed by atoms with Gasteiger partial charge in [0.2, 0.25) is 0 Å². The molecular formula is C15H15N3O3. The molecule has 0 radical (unpaired) electrons. The number of aromatic nitrogens is 1. The number of anilines is 1. The number of carbonyl (C=O) groups excluding carboxylic acids is 1. The first-order chi connectivity index (χ1) is 10.1. The summed E-state index contributed by atoms with van der Waals surface area (Å²) in [6.45, 7) is 1.85. The van der Waals surface area contributed by atoms with Gasteiger partial charge in [-0.1, -0.05) is 6.07 Å². The van der Waals surface area contributed by atoms with Crippen LogP contribution in [0.3, 0.4) is 0 Å². The zero-order valence-corrected chi connectivity index (χ0v) is 11.4. The molecule has 2 amide bonds. The Hall–Kier alpha value is -2.89. The fourth-order valence-corrected chi connectivity index (χ4v) is 1.78. The zero-order chi connectivity index (χ0) is 15.2. The summed E-state index contributed by atoms with van der Waals surface area (Å²) in [6, 6.07) is 9.07. The third-order valence-electron chi connectivity index (χ3n) is 2.92. The van der Waals surface area contributed by atoms with E-state index >= 15 is 0 Å². The minimum absolute atomic E-state index is 0.171. The normalized spacial score (nSPS) is 11.5. The van der Waals surface area contributed by atoms with Gasteiger partial charge in [-0.3, -0.25) is 4.98 Å².